The maximum Gasteiger partial charge on any atom is 0.412 e. The molecule has 4 aliphatic rings. The lowest BCUT2D eigenvalue weighted by Crippen LogP contribution is -2.64. The van der Waals surface area contributed by atoms with Crippen LogP contribution in [0.2, 0.25) is 0 Å². The molecule has 2 N–H and O–H groups in total. The molecule has 2 aromatic carbocycles. The molecule has 0 radical (unpaired) electrons. The Bertz CT molecular complexity index is 2280. The molecule has 0 aliphatic carbocycles. The number of amides is 2. The van der Waals surface area contributed by atoms with Gasteiger partial charge in [-0.25, -0.2) is 27.7 Å². The molecule has 3 saturated heterocycles. The zero-order valence-corrected chi connectivity index (χ0v) is 31.4. The van der Waals surface area contributed by atoms with E-state index in [1.54, 1.807) is 56.0 Å². The predicted molar refractivity (Wildman–Crippen MR) is 202 cm³/mol. The number of carbonyl (C=O) groups excluding carboxylic acids is 1. The van der Waals surface area contributed by atoms with Gasteiger partial charge < -0.3 is 24.2 Å². The van der Waals surface area contributed by atoms with Crippen LogP contribution < -0.4 is 19.7 Å². The van der Waals surface area contributed by atoms with Gasteiger partial charge in [-0.15, -0.1) is 6.42 Å². The molecule has 2 amide bonds. The molecule has 6 heterocycles. The molecule has 4 aromatic rings. The number of aromatic nitrogens is 3. The van der Waals surface area contributed by atoms with Gasteiger partial charge in [0.05, 0.1) is 24.7 Å². The van der Waals surface area contributed by atoms with Crippen molar-refractivity contribution < 1.29 is 42.1 Å². The number of carboxylic acid groups (broad SMARTS) is 1. The molecule has 13 nitrogen and oxygen atoms in total. The fourth-order valence-electron chi connectivity index (χ4n) is 8.86. The molecular weight excluding hydrogens is 731 g/mol. The Balaban J connectivity index is 1.31. The third kappa shape index (κ3) is 6.71. The Labute approximate surface area is 321 Å². The molecule has 4 unspecified atom stereocenters. The highest BCUT2D eigenvalue weighted by Gasteiger charge is 2.53. The number of fused-ring (bicyclic) bond motifs is 6. The summed E-state index contributed by atoms with van der Waals surface area (Å²) in [5.41, 5.74) is -0.157. The van der Waals surface area contributed by atoms with Gasteiger partial charge in [-0.05, 0) is 83.5 Å². The van der Waals surface area contributed by atoms with Gasteiger partial charge in [0, 0.05) is 34.8 Å². The van der Waals surface area contributed by atoms with E-state index in [-0.39, 0.29) is 70.8 Å². The summed E-state index contributed by atoms with van der Waals surface area (Å²) >= 11 is 0. The molecule has 0 spiro atoms. The summed E-state index contributed by atoms with van der Waals surface area (Å²) in [6, 6.07) is 6.69. The first-order valence-corrected chi connectivity index (χ1v) is 18.7. The summed E-state index contributed by atoms with van der Waals surface area (Å²) in [7, 11) is 0. The zero-order chi connectivity index (χ0) is 39.6. The average molecular weight is 774 g/mol. The number of nitrogens with one attached hydrogen (secondary N) is 1. The standard InChI is InChI=1S/C40H42F3N7O6/c1-6-21-9-7-10-22-15-23(44-38(51)56-40(3,4)5)16-26(29(21)22)32-31(43)33-30-35(47-37(46-33)54-19-25-11-8-14-48(25)18-28(41)42)49-17-24-12-13-27(50(24)39(52)53)34(49)20(2)55-36(30)45-32/h1,7,9-10,15-16,20,24-25,27-28,34H,8,11-14,17-19H2,2-5H3,(H,44,51)(H,52,53)/t20?,24?,25-,27?,34?/m0/s1. The lowest BCUT2D eigenvalue weighted by atomic mass is 9.95. The average Bonchev–Trinajstić information content (AvgIpc) is 3.67. The van der Waals surface area contributed by atoms with Gasteiger partial charge >= 0.3 is 18.2 Å². The van der Waals surface area contributed by atoms with Crippen molar-refractivity contribution >= 4 is 45.4 Å². The third-order valence-corrected chi connectivity index (χ3v) is 11.0. The number of hydrogen-bond acceptors (Lipinski definition) is 10. The molecule has 2 bridgehead atoms. The quantitative estimate of drug-likeness (QED) is 0.190. The summed E-state index contributed by atoms with van der Waals surface area (Å²) in [5, 5.41) is 14.2. The Hall–Kier alpha value is -5.56. The second kappa shape index (κ2) is 14.2. The van der Waals surface area contributed by atoms with Gasteiger partial charge in [0.15, 0.2) is 5.82 Å². The van der Waals surface area contributed by atoms with Crippen LogP contribution in [0.15, 0.2) is 30.3 Å². The van der Waals surface area contributed by atoms with E-state index >= 15 is 4.39 Å². The van der Waals surface area contributed by atoms with Crippen molar-refractivity contribution in [1.82, 2.24) is 24.8 Å². The molecule has 2 aromatic heterocycles. The number of rotatable bonds is 7. The lowest BCUT2D eigenvalue weighted by molar-refractivity contribution is 0.0634. The first-order valence-electron chi connectivity index (χ1n) is 18.7. The van der Waals surface area contributed by atoms with Gasteiger partial charge in [-0.2, -0.15) is 9.97 Å². The van der Waals surface area contributed by atoms with Crippen molar-refractivity contribution in [2.24, 2.45) is 0 Å². The van der Waals surface area contributed by atoms with Gasteiger partial charge in [-0.1, -0.05) is 18.1 Å². The van der Waals surface area contributed by atoms with E-state index in [1.807, 2.05) is 11.8 Å². The van der Waals surface area contributed by atoms with Crippen molar-refractivity contribution in [2.75, 3.05) is 36.5 Å². The van der Waals surface area contributed by atoms with Crippen LogP contribution >= 0.6 is 0 Å². The first kappa shape index (κ1) is 37.4. The molecule has 5 atom stereocenters. The van der Waals surface area contributed by atoms with Crippen molar-refractivity contribution in [3.63, 3.8) is 0 Å². The molecule has 56 heavy (non-hydrogen) atoms. The summed E-state index contributed by atoms with van der Waals surface area (Å²) in [4.78, 5) is 44.7. The van der Waals surface area contributed by atoms with E-state index in [2.05, 4.69) is 16.2 Å². The number of carbonyl (C=O) groups is 2. The number of nitrogens with zero attached hydrogens (tertiary/aromatic N) is 6. The Morgan fingerprint density at radius 2 is 1.95 bits per heavy atom. The van der Waals surface area contributed by atoms with Crippen LogP contribution in [0.3, 0.4) is 0 Å². The number of hydrogen-bond donors (Lipinski definition) is 2. The summed E-state index contributed by atoms with van der Waals surface area (Å²) in [6.07, 6.45) is 3.63. The fraction of sp³-hybridized carbons (Fsp3) is 0.475. The van der Waals surface area contributed by atoms with Crippen molar-refractivity contribution in [1.29, 1.82) is 0 Å². The highest BCUT2D eigenvalue weighted by Crippen LogP contribution is 2.47. The number of benzene rings is 2. The van der Waals surface area contributed by atoms with Crippen LogP contribution in [0.5, 0.6) is 11.9 Å². The first-order chi connectivity index (χ1) is 26.7. The van der Waals surface area contributed by atoms with Gasteiger partial charge in [-0.3, -0.25) is 15.1 Å². The number of pyridine rings is 1. The maximum absolute atomic E-state index is 17.5. The van der Waals surface area contributed by atoms with E-state index in [0.29, 0.717) is 42.1 Å². The highest BCUT2D eigenvalue weighted by atomic mass is 19.3. The number of anilines is 2. The molecule has 8 rings (SSSR count). The van der Waals surface area contributed by atoms with Crippen molar-refractivity contribution in [2.45, 2.75) is 95.7 Å². The summed E-state index contributed by atoms with van der Waals surface area (Å²) < 4.78 is 62.5. The number of terminal acetylenes is 1. The lowest BCUT2D eigenvalue weighted by Gasteiger charge is -2.47. The van der Waals surface area contributed by atoms with Crippen LogP contribution in [-0.4, -0.2) is 111 Å². The second-order valence-electron chi connectivity index (χ2n) is 15.8. The van der Waals surface area contributed by atoms with E-state index in [1.165, 1.54) is 4.90 Å². The van der Waals surface area contributed by atoms with Gasteiger partial charge in [0.25, 0.3) is 6.43 Å². The molecular formula is C40H42F3N7O6. The SMILES string of the molecule is C#Cc1cccc2cc(NC(=O)OC(C)(C)C)cc(-c3nc4c5c(nc(OC[C@@H]6CCCN6CC(F)F)nc5c3F)N3CC5CCC(C3C(C)O4)N5C(=O)O)c12. The Morgan fingerprint density at radius 3 is 2.68 bits per heavy atom. The second-order valence-corrected chi connectivity index (χ2v) is 15.8. The molecule has 4 aliphatic heterocycles. The summed E-state index contributed by atoms with van der Waals surface area (Å²) in [6.45, 7) is 7.38. The minimum absolute atomic E-state index is 0.00694. The zero-order valence-electron chi connectivity index (χ0n) is 31.4. The smallest absolute Gasteiger partial charge is 0.412 e. The monoisotopic (exact) mass is 773 g/mol. The largest absolute Gasteiger partial charge is 0.472 e. The van der Waals surface area contributed by atoms with Gasteiger partial charge in [0.1, 0.15) is 40.7 Å². The molecule has 3 fully saturated rings. The highest BCUT2D eigenvalue weighted by molar-refractivity contribution is 6.06. The molecule has 294 valence electrons. The van der Waals surface area contributed by atoms with E-state index < -0.39 is 54.8 Å². The molecule has 16 heteroatoms. The number of piperazine rings is 1. The van der Waals surface area contributed by atoms with Crippen molar-refractivity contribution in [3.05, 3.63) is 41.7 Å². The number of likely N-dealkylation sites (tertiary alicyclic amines) is 1. The topological polar surface area (TPSA) is 142 Å². The Kier molecular flexibility index (Phi) is 9.46. The third-order valence-electron chi connectivity index (χ3n) is 11.0. The van der Waals surface area contributed by atoms with Crippen LogP contribution in [0.25, 0.3) is 32.9 Å². The van der Waals surface area contributed by atoms with Gasteiger partial charge in [0.2, 0.25) is 5.88 Å². The normalized spacial score (nSPS) is 23.2. The number of ether oxygens (including phenoxy) is 3. The van der Waals surface area contributed by atoms with E-state index in [0.717, 1.165) is 6.42 Å². The van der Waals surface area contributed by atoms with E-state index in [4.69, 9.17) is 30.6 Å². The van der Waals surface area contributed by atoms with Crippen LogP contribution in [0.4, 0.5) is 34.3 Å². The van der Waals surface area contributed by atoms with Crippen LogP contribution in [0.1, 0.15) is 58.9 Å². The summed E-state index contributed by atoms with van der Waals surface area (Å²) in [5.74, 6) is 2.13. The minimum atomic E-state index is -2.51. The van der Waals surface area contributed by atoms with E-state index in [9.17, 15) is 23.5 Å². The number of halogens is 3. The molecule has 0 saturated carbocycles. The minimum Gasteiger partial charge on any atom is -0.472 e. The van der Waals surface area contributed by atoms with Crippen LogP contribution in [0, 0.1) is 18.2 Å². The number of alkyl halides is 2. The van der Waals surface area contributed by atoms with Crippen LogP contribution in [-0.2, 0) is 4.74 Å². The van der Waals surface area contributed by atoms with Crippen molar-refractivity contribution in [3.8, 4) is 35.5 Å². The predicted octanol–water partition coefficient (Wildman–Crippen LogP) is 6.90. The maximum atomic E-state index is 17.5. The fourth-order valence-corrected chi connectivity index (χ4v) is 8.86. The Morgan fingerprint density at radius 1 is 1.14 bits per heavy atom.